The van der Waals surface area contributed by atoms with Gasteiger partial charge in [-0.15, -0.1) is 0 Å². The van der Waals surface area contributed by atoms with Gasteiger partial charge in [-0.1, -0.05) is 0 Å². The molecule has 0 radical (unpaired) electrons. The second-order valence-corrected chi connectivity index (χ2v) is 10.8. The van der Waals surface area contributed by atoms with Gasteiger partial charge in [0.2, 0.25) is 12.6 Å². The Hall–Kier alpha value is -3.71. The van der Waals surface area contributed by atoms with Crippen LogP contribution in [0.5, 0.6) is 23.0 Å². The fraction of sp³-hybridized carbons (Fsp3) is 0.483. The first-order valence-corrected chi connectivity index (χ1v) is 13.9. The molecule has 2 aromatic rings. The maximum atomic E-state index is 11.3. The summed E-state index contributed by atoms with van der Waals surface area (Å²) in [5.74, 6) is -0.986. The summed E-state index contributed by atoms with van der Waals surface area (Å²) in [7, 11) is 0. The van der Waals surface area contributed by atoms with E-state index < -0.39 is 86.7 Å². The lowest BCUT2D eigenvalue weighted by Gasteiger charge is -2.41. The molecule has 0 saturated carbocycles. The van der Waals surface area contributed by atoms with Crippen molar-refractivity contribution in [1.82, 2.24) is 0 Å². The van der Waals surface area contributed by atoms with Gasteiger partial charge in [0.1, 0.15) is 78.3 Å². The van der Waals surface area contributed by atoms with Gasteiger partial charge in [0, 0.05) is 19.1 Å². The summed E-state index contributed by atoms with van der Waals surface area (Å²) in [5, 5.41) is 92.3. The Morgan fingerprint density at radius 1 is 0.800 bits per heavy atom. The van der Waals surface area contributed by atoms with E-state index >= 15 is 0 Å². The van der Waals surface area contributed by atoms with Crippen molar-refractivity contribution in [1.29, 1.82) is 0 Å². The molecule has 3 heterocycles. The Bertz CT molecular complexity index is 1380. The number of hydrogen-bond donors (Lipinski definition) is 9. The minimum atomic E-state index is -1.78. The predicted molar refractivity (Wildman–Crippen MR) is 147 cm³/mol. The average molecular weight is 640 g/mol. The smallest absolute Gasteiger partial charge is 0.302 e. The van der Waals surface area contributed by atoms with E-state index in [2.05, 4.69) is 4.74 Å². The molecule has 0 bridgehead atoms. The molecule has 2 fully saturated rings. The Morgan fingerprint density at radius 3 is 2.02 bits per heavy atom. The molecule has 11 atom stereocenters. The molecule has 45 heavy (non-hydrogen) atoms. The Kier molecular flexibility index (Phi) is 9.68. The molecule has 2 aromatic carbocycles. The Morgan fingerprint density at radius 2 is 1.40 bits per heavy atom. The van der Waals surface area contributed by atoms with Crippen molar-refractivity contribution in [2.24, 2.45) is 0 Å². The van der Waals surface area contributed by atoms with E-state index in [0.717, 1.165) is 13.0 Å². The zero-order chi connectivity index (χ0) is 32.6. The number of aliphatic hydroxyl groups excluding tert-OH is 7. The summed E-state index contributed by atoms with van der Waals surface area (Å²) in [5.41, 5.74) is 0.643. The molecule has 16 nitrogen and oxygen atoms in total. The quantitative estimate of drug-likeness (QED) is 0.112. The van der Waals surface area contributed by atoms with Crippen LogP contribution < -0.4 is 4.74 Å². The van der Waals surface area contributed by atoms with Gasteiger partial charge in [0.15, 0.2) is 5.76 Å². The van der Waals surface area contributed by atoms with Crippen molar-refractivity contribution in [3.63, 3.8) is 0 Å². The van der Waals surface area contributed by atoms with Crippen LogP contribution in [-0.2, 0) is 23.7 Å². The predicted octanol–water partition coefficient (Wildman–Crippen LogP) is -2.00. The maximum Gasteiger partial charge on any atom is 0.302 e. The third-order valence-electron chi connectivity index (χ3n) is 7.60. The lowest BCUT2D eigenvalue weighted by Crippen LogP contribution is -2.60. The third-order valence-corrected chi connectivity index (χ3v) is 7.60. The number of aromatic hydroxyl groups is 3. The lowest BCUT2D eigenvalue weighted by molar-refractivity contribution is -0.296. The molecule has 10 N–H and O–H groups in total. The van der Waals surface area contributed by atoms with E-state index in [1.54, 1.807) is 12.1 Å². The highest BCUT2D eigenvalue weighted by molar-refractivity contribution is 5.70. The first-order valence-electron chi connectivity index (χ1n) is 13.9. The largest absolute Gasteiger partial charge is 0.571 e. The molecule has 246 valence electrons. The summed E-state index contributed by atoms with van der Waals surface area (Å²) in [4.78, 5) is 11.3. The van der Waals surface area contributed by atoms with Crippen LogP contribution in [0.3, 0.4) is 0 Å². The Balaban J connectivity index is 1.51. The number of phenols is 2. The summed E-state index contributed by atoms with van der Waals surface area (Å²) < 4.78 is 32.5. The highest BCUT2D eigenvalue weighted by atomic mass is 16.7. The molecular formula is C29H35O16+. The van der Waals surface area contributed by atoms with Gasteiger partial charge < -0.3 is 74.4 Å². The van der Waals surface area contributed by atoms with Gasteiger partial charge >= 0.3 is 5.97 Å². The van der Waals surface area contributed by atoms with Crippen LogP contribution in [-0.4, -0.2) is 131 Å². The molecule has 0 aliphatic carbocycles. The number of rotatable bonds is 8. The van der Waals surface area contributed by atoms with Gasteiger partial charge in [-0.05, 0) is 24.3 Å². The number of aliphatic hydroxyl groups is 8. The molecule has 0 amide bonds. The van der Waals surface area contributed by atoms with Gasteiger partial charge in [-0.2, -0.15) is 0 Å². The summed E-state index contributed by atoms with van der Waals surface area (Å²) in [6.45, 7) is -0.0124. The molecule has 16 heteroatoms. The summed E-state index contributed by atoms with van der Waals surface area (Å²) in [6.07, 6.45) is -15.6. The molecule has 5 rings (SSSR count). The second kappa shape index (κ2) is 13.3. The lowest BCUT2D eigenvalue weighted by atomic mass is 9.98. The number of fused-ring (bicyclic) bond motifs is 1. The molecule has 0 aromatic heterocycles. The van der Waals surface area contributed by atoms with Crippen molar-refractivity contribution in [3.05, 3.63) is 53.3 Å². The van der Waals surface area contributed by atoms with Crippen LogP contribution in [0.4, 0.5) is 0 Å². The molecular weight excluding hydrogens is 604 g/mol. The summed E-state index contributed by atoms with van der Waals surface area (Å²) in [6, 6.07) is 8.34. The molecule has 3 aliphatic rings. The maximum absolute atomic E-state index is 11.3. The van der Waals surface area contributed by atoms with Gasteiger partial charge in [-0.25, -0.2) is 0 Å². The van der Waals surface area contributed by atoms with Crippen molar-refractivity contribution in [3.8, 4) is 23.0 Å². The van der Waals surface area contributed by atoms with Crippen LogP contribution >= 0.6 is 0 Å². The topological polar surface area (TPSA) is 258 Å². The normalized spacial score (nSPS) is 34.6. The second-order valence-electron chi connectivity index (χ2n) is 10.8. The molecule has 0 spiro atoms. The Labute approximate surface area is 255 Å². The number of esters is 1. The highest BCUT2D eigenvalue weighted by Crippen LogP contribution is 2.46. The van der Waals surface area contributed by atoms with Crippen LogP contribution in [0, 0.1) is 0 Å². The van der Waals surface area contributed by atoms with Crippen LogP contribution in [0.25, 0.3) is 6.08 Å². The minimum Gasteiger partial charge on any atom is -0.571 e. The van der Waals surface area contributed by atoms with E-state index in [1.807, 2.05) is 0 Å². The summed E-state index contributed by atoms with van der Waals surface area (Å²) >= 11 is 0. The number of ether oxygens (including phenoxy) is 6. The average Bonchev–Trinajstić information content (AvgIpc) is 3.01. The van der Waals surface area contributed by atoms with E-state index in [9.17, 15) is 50.8 Å². The first kappa shape index (κ1) is 32.7. The van der Waals surface area contributed by atoms with Crippen LogP contribution in [0.15, 0.2) is 42.2 Å². The van der Waals surface area contributed by atoms with E-state index in [4.69, 9.17) is 23.7 Å². The van der Waals surface area contributed by atoms with E-state index in [-0.39, 0.29) is 34.3 Å². The van der Waals surface area contributed by atoms with E-state index in [0.29, 0.717) is 5.56 Å². The molecule has 1 unspecified atom stereocenters. The molecule has 2 saturated heterocycles. The standard InChI is InChI=1S/C29H34O16/c1-11(31)40-10-20-22(35)24(37)26(39)29(45-20)43-18-8-15-16(41-27(18)12-2-4-13(32)5-3-12)6-14(33)7-17(15)42-28-25(38)23(36)21(34)19(9-30)44-28/h2-8,19-30,32-39H,9-10H2,1H3/p+1/t19-,20+,21+,22+,23-,24-,25-,26+,27?,28+,29+/m0/s1. The zero-order valence-corrected chi connectivity index (χ0v) is 23.7. The number of carbonyl (C=O) groups excluding carboxylic acids is 1. The van der Waals surface area contributed by atoms with Crippen molar-refractivity contribution < 1.29 is 79.2 Å². The fourth-order valence-electron chi connectivity index (χ4n) is 5.14. The van der Waals surface area contributed by atoms with Crippen LogP contribution in [0.1, 0.15) is 24.2 Å². The minimum absolute atomic E-state index is 0.00333. The highest BCUT2D eigenvalue weighted by Gasteiger charge is 2.48. The third kappa shape index (κ3) is 6.79. The van der Waals surface area contributed by atoms with E-state index in [1.165, 1.54) is 24.3 Å². The first-order chi connectivity index (χ1) is 21.4. The van der Waals surface area contributed by atoms with Crippen molar-refractivity contribution >= 4 is 12.0 Å². The number of hydrogen-bond acceptors (Lipinski definition) is 15. The van der Waals surface area contributed by atoms with Gasteiger partial charge in [-0.3, -0.25) is 4.79 Å². The number of benzene rings is 2. The zero-order valence-electron chi connectivity index (χ0n) is 23.7. The van der Waals surface area contributed by atoms with Gasteiger partial charge in [0.05, 0.1) is 18.2 Å². The monoisotopic (exact) mass is 639 g/mol. The number of carbonyl (C=O) groups is 1. The van der Waals surface area contributed by atoms with Crippen molar-refractivity contribution in [2.75, 3.05) is 13.2 Å². The van der Waals surface area contributed by atoms with Gasteiger partial charge in [0.25, 0.3) is 11.9 Å². The fourth-order valence-corrected chi connectivity index (χ4v) is 5.14. The molecule has 3 aliphatic heterocycles. The van der Waals surface area contributed by atoms with Crippen LogP contribution in [0.2, 0.25) is 0 Å². The number of phenolic OH excluding ortho intramolecular Hbond substituents is 2. The van der Waals surface area contributed by atoms with Crippen molar-refractivity contribution in [2.45, 2.75) is 74.4 Å². The SMILES string of the molecule is CC(=O)OC[C@H]1O[C@@H](OC2=Cc3c(O[C@@H]4O[C@@H](CO)[C@@H](O)[C@H](O)[C@@H]4O)cc(O)cc3[OH+]C2c2ccc(O)cc2)[C@H](O)[C@@H](O)[C@@H]1O.